The summed E-state index contributed by atoms with van der Waals surface area (Å²) in [6.07, 6.45) is 0. The second-order valence-corrected chi connectivity index (χ2v) is 2.93. The molecule has 0 heterocycles. The smallest absolute Gasteiger partial charge is 0.246 e. The van der Waals surface area contributed by atoms with Crippen LogP contribution in [0.2, 0.25) is 0 Å². The van der Waals surface area contributed by atoms with Crippen LogP contribution in [0.25, 0.3) is 0 Å². The van der Waals surface area contributed by atoms with Crippen molar-refractivity contribution in [2.24, 2.45) is 0 Å². The van der Waals surface area contributed by atoms with Crippen LogP contribution in [0.3, 0.4) is 0 Å². The van der Waals surface area contributed by atoms with Crippen LogP contribution >= 0.6 is 23.1 Å². The molecule has 0 aliphatic carbocycles. The molecule has 0 atom stereocenters. The summed E-state index contributed by atoms with van der Waals surface area (Å²) >= 11 is 0. The summed E-state index contributed by atoms with van der Waals surface area (Å²) in [6, 6.07) is 0. The summed E-state index contributed by atoms with van der Waals surface area (Å²) < 4.78 is 17.2. The zero-order valence-electron chi connectivity index (χ0n) is 3.27. The molecule has 0 spiro atoms. The highest BCUT2D eigenvalue weighted by atomic mass is 35.7. The number of hydrogen-bond donors (Lipinski definition) is 0. The van der Waals surface area contributed by atoms with Crippen LogP contribution in [-0.4, -0.2) is 12.7 Å². The number of halogens is 2. The highest BCUT2D eigenvalue weighted by Gasteiger charge is 2.16. The zero-order chi connectivity index (χ0) is 6.08. The van der Waals surface area contributed by atoms with Crippen LogP contribution in [0.4, 0.5) is 0 Å². The summed E-state index contributed by atoms with van der Waals surface area (Å²) in [5.41, 5.74) is 0. The molecule has 0 aliphatic rings. The van der Waals surface area contributed by atoms with Crippen LogP contribution in [0.5, 0.6) is 0 Å². The van der Waals surface area contributed by atoms with Crippen LogP contribution in [0.1, 0.15) is 0 Å². The lowest BCUT2D eigenvalue weighted by molar-refractivity contribution is -0.300. The molecule has 0 saturated carbocycles. The highest BCUT2D eigenvalue weighted by Crippen LogP contribution is 1.93. The Labute approximate surface area is 55.7 Å². The standard InChI is InChI=1S/ClNO4S.ClH/c1-7(5,6)2(3)4;/h;1H. The Hall–Kier alpha value is -0.0700. The molecular formula is HCl2NO4S. The Morgan fingerprint density at radius 3 is 1.62 bits per heavy atom. The molecule has 0 N–H and O–H groups in total. The molecule has 8 heteroatoms. The maximum atomic E-state index is 9.40. The lowest BCUT2D eigenvalue weighted by atomic mass is 13.4. The third kappa shape index (κ3) is 4.10. The van der Waals surface area contributed by atoms with Gasteiger partial charge >= 0.3 is 9.24 Å². The topological polar surface area (TPSA) is 77.3 Å². The van der Waals surface area contributed by atoms with Crippen LogP contribution in [0.15, 0.2) is 0 Å². The first-order valence-corrected chi connectivity index (χ1v) is 3.30. The monoisotopic (exact) mass is 181 g/mol. The maximum Gasteiger partial charge on any atom is 0.513 e. The Kier molecular flexibility index (Phi) is 4.14. The van der Waals surface area contributed by atoms with Gasteiger partial charge in [0.1, 0.15) is 0 Å². The summed E-state index contributed by atoms with van der Waals surface area (Å²) in [5, 5.41) is 9.11. The number of nitrogens with zero attached hydrogens (tertiary/aromatic N) is 1. The van der Waals surface area contributed by atoms with Gasteiger partial charge in [0.15, 0.2) is 4.33 Å². The first-order chi connectivity index (χ1) is 2.94. The van der Waals surface area contributed by atoms with Crippen molar-refractivity contribution in [1.29, 1.82) is 0 Å². The predicted octanol–water partition coefficient (Wildman–Crippen LogP) is 0.168. The number of rotatable bonds is 1. The molecule has 0 saturated heterocycles. The van der Waals surface area contributed by atoms with Crippen LogP contribution < -0.4 is 0 Å². The average molecular weight is 182 g/mol. The van der Waals surface area contributed by atoms with E-state index in [9.17, 15) is 8.42 Å². The van der Waals surface area contributed by atoms with E-state index >= 15 is 0 Å². The van der Waals surface area contributed by atoms with Crippen molar-refractivity contribution in [1.82, 2.24) is 0 Å². The van der Waals surface area contributed by atoms with E-state index in [-0.39, 0.29) is 12.4 Å². The third-order valence-electron chi connectivity index (χ3n) is 0.178. The van der Waals surface area contributed by atoms with Gasteiger partial charge in [-0.2, -0.15) is 0 Å². The number of hydrogen-bond acceptors (Lipinski definition) is 4. The van der Waals surface area contributed by atoms with Gasteiger partial charge in [0.2, 0.25) is 0 Å². The zero-order valence-corrected chi connectivity index (χ0v) is 5.66. The lowest BCUT2D eigenvalue weighted by Crippen LogP contribution is -2.02. The van der Waals surface area contributed by atoms with Gasteiger partial charge in [0.05, 0.1) is 10.7 Å². The second kappa shape index (κ2) is 3.06. The lowest BCUT2D eigenvalue weighted by Gasteiger charge is -1.75. The Balaban J connectivity index is 0. The van der Waals surface area contributed by atoms with Gasteiger partial charge in [0, 0.05) is 0 Å². The molecule has 0 aliphatic heterocycles. The van der Waals surface area contributed by atoms with E-state index < -0.39 is 13.6 Å². The first-order valence-electron chi connectivity index (χ1n) is 1.04. The van der Waals surface area contributed by atoms with Crippen molar-refractivity contribution in [3.05, 3.63) is 10.1 Å². The van der Waals surface area contributed by atoms with E-state index in [1.165, 1.54) is 0 Å². The van der Waals surface area contributed by atoms with E-state index in [2.05, 4.69) is 10.7 Å². The van der Waals surface area contributed by atoms with Gasteiger partial charge in [-0.3, -0.25) is 0 Å². The molecule has 8 heavy (non-hydrogen) atoms. The molecule has 0 unspecified atom stereocenters. The molecular weight excluding hydrogens is 181 g/mol. The van der Waals surface area contributed by atoms with Crippen LogP contribution in [-0.2, 0) is 9.24 Å². The summed E-state index contributed by atoms with van der Waals surface area (Å²) in [7, 11) is -0.405. The van der Waals surface area contributed by atoms with E-state index in [0.29, 0.717) is 0 Å². The Bertz CT molecular complexity index is 168. The van der Waals surface area contributed by atoms with Crippen molar-refractivity contribution in [2.45, 2.75) is 0 Å². The minimum atomic E-state index is -4.55. The fourth-order valence-electron chi connectivity index (χ4n) is 0. The molecule has 5 nitrogen and oxygen atoms in total. The molecule has 0 rings (SSSR count). The maximum absolute atomic E-state index is 9.40. The molecule has 0 radical (unpaired) electrons. The quantitative estimate of drug-likeness (QED) is 0.329. The van der Waals surface area contributed by atoms with Crippen molar-refractivity contribution >= 4 is 32.3 Å². The molecule has 0 fully saturated rings. The Morgan fingerprint density at radius 1 is 1.50 bits per heavy atom. The largest absolute Gasteiger partial charge is 0.513 e. The molecule has 0 aromatic rings. The summed E-state index contributed by atoms with van der Waals surface area (Å²) in [5.74, 6) is 0. The molecule has 0 aromatic heterocycles. The minimum Gasteiger partial charge on any atom is -0.246 e. The third-order valence-corrected chi connectivity index (χ3v) is 0.872. The molecule has 0 aromatic carbocycles. The fourth-order valence-corrected chi connectivity index (χ4v) is 0. The van der Waals surface area contributed by atoms with Gasteiger partial charge in [-0.05, 0) is 0 Å². The van der Waals surface area contributed by atoms with E-state index in [1.54, 1.807) is 0 Å². The average Bonchev–Trinajstić information content (AvgIpc) is 1.31. The van der Waals surface area contributed by atoms with Crippen molar-refractivity contribution in [2.75, 3.05) is 0 Å². The van der Waals surface area contributed by atoms with Gasteiger partial charge in [-0.25, -0.2) is 10.1 Å². The SMILES string of the molecule is Cl.O=[N+]([O-])S(=O)(=O)Cl. The normalized spacial score (nSPS) is 9.62. The van der Waals surface area contributed by atoms with Gasteiger partial charge in [-0.15, -0.1) is 20.8 Å². The van der Waals surface area contributed by atoms with Gasteiger partial charge < -0.3 is 0 Å². The van der Waals surface area contributed by atoms with Crippen molar-refractivity contribution in [3.8, 4) is 0 Å². The van der Waals surface area contributed by atoms with E-state index in [4.69, 9.17) is 10.1 Å². The molecule has 0 bridgehead atoms. The summed E-state index contributed by atoms with van der Waals surface area (Å²) in [6.45, 7) is 0. The fraction of sp³-hybridized carbons (Fsp3) is 0. The van der Waals surface area contributed by atoms with E-state index in [1.807, 2.05) is 0 Å². The molecule has 0 amide bonds. The first kappa shape index (κ1) is 10.8. The van der Waals surface area contributed by atoms with Crippen molar-refractivity contribution < 1.29 is 12.7 Å². The van der Waals surface area contributed by atoms with Gasteiger partial charge in [-0.1, -0.05) is 0 Å². The van der Waals surface area contributed by atoms with E-state index in [0.717, 1.165) is 0 Å². The van der Waals surface area contributed by atoms with Gasteiger partial charge in [0.25, 0.3) is 0 Å². The predicted molar refractivity (Wildman–Crippen MR) is 29.0 cm³/mol. The highest BCUT2D eigenvalue weighted by molar-refractivity contribution is 8.08. The number of nitro groups is 1. The van der Waals surface area contributed by atoms with Crippen molar-refractivity contribution in [3.63, 3.8) is 0 Å². The Morgan fingerprint density at radius 2 is 1.62 bits per heavy atom. The molecule has 50 valence electrons. The van der Waals surface area contributed by atoms with Crippen LogP contribution in [0, 0.1) is 10.1 Å². The second-order valence-electron chi connectivity index (χ2n) is 0.636. The minimum absolute atomic E-state index is 0. The summed E-state index contributed by atoms with van der Waals surface area (Å²) in [4.78, 5) is 9.11.